The first-order valence-electron chi connectivity index (χ1n) is 4.19. The van der Waals surface area contributed by atoms with Crippen LogP contribution < -0.4 is 0 Å². The summed E-state index contributed by atoms with van der Waals surface area (Å²) in [6.45, 7) is 3.36. The molecule has 0 amide bonds. The molecule has 0 atom stereocenters. The molecule has 0 aliphatic heterocycles. The molecule has 1 heterocycles. The standard InChI is InChI=1S/C9H13N3OS/c1-6-8(7(2)13)14-9(11-6)10-5-12(3)4/h5H,1-4H3/b10-5+. The van der Waals surface area contributed by atoms with Crippen LogP contribution in [-0.2, 0) is 0 Å². The summed E-state index contributed by atoms with van der Waals surface area (Å²) >= 11 is 1.32. The van der Waals surface area contributed by atoms with E-state index in [4.69, 9.17) is 0 Å². The Balaban J connectivity index is 2.91. The van der Waals surface area contributed by atoms with E-state index >= 15 is 0 Å². The van der Waals surface area contributed by atoms with Crippen molar-refractivity contribution in [3.8, 4) is 0 Å². The Bertz CT molecular complexity index is 368. The summed E-state index contributed by atoms with van der Waals surface area (Å²) in [7, 11) is 3.77. The largest absolute Gasteiger partial charge is 0.369 e. The molecule has 0 saturated heterocycles. The van der Waals surface area contributed by atoms with Crippen LogP contribution in [0.1, 0.15) is 22.3 Å². The van der Waals surface area contributed by atoms with E-state index in [-0.39, 0.29) is 5.78 Å². The van der Waals surface area contributed by atoms with Gasteiger partial charge in [-0.2, -0.15) is 0 Å². The van der Waals surface area contributed by atoms with Gasteiger partial charge in [0.1, 0.15) is 0 Å². The predicted molar refractivity (Wildman–Crippen MR) is 58.7 cm³/mol. The second-order valence-electron chi connectivity index (χ2n) is 3.18. The molecule has 1 rings (SSSR count). The van der Waals surface area contributed by atoms with Crippen molar-refractivity contribution < 1.29 is 4.79 Å². The normalized spacial score (nSPS) is 10.9. The molecule has 0 aliphatic rings. The number of ketones is 1. The Morgan fingerprint density at radius 1 is 1.57 bits per heavy atom. The number of rotatable bonds is 3. The van der Waals surface area contributed by atoms with Gasteiger partial charge in [0.2, 0.25) is 5.13 Å². The van der Waals surface area contributed by atoms with Crippen LogP contribution in [0, 0.1) is 6.92 Å². The summed E-state index contributed by atoms with van der Waals surface area (Å²) in [4.78, 5) is 21.9. The van der Waals surface area contributed by atoms with Gasteiger partial charge in [0.15, 0.2) is 5.78 Å². The SMILES string of the molecule is CC(=O)c1sc(/N=C/N(C)C)nc1C. The van der Waals surface area contributed by atoms with Crippen molar-refractivity contribution in [3.05, 3.63) is 10.6 Å². The lowest BCUT2D eigenvalue weighted by atomic mass is 10.3. The highest BCUT2D eigenvalue weighted by Crippen LogP contribution is 2.24. The number of hydrogen-bond donors (Lipinski definition) is 0. The Hall–Kier alpha value is -1.23. The van der Waals surface area contributed by atoms with Gasteiger partial charge in [0.25, 0.3) is 0 Å². The van der Waals surface area contributed by atoms with Crippen molar-refractivity contribution in [2.45, 2.75) is 13.8 Å². The Morgan fingerprint density at radius 2 is 2.21 bits per heavy atom. The molecule has 0 bridgehead atoms. The number of Topliss-reactive ketones (excluding diaryl/α,β-unsaturated/α-hetero) is 1. The number of aryl methyl sites for hydroxylation is 1. The molecule has 0 spiro atoms. The molecule has 0 N–H and O–H groups in total. The molecule has 0 saturated carbocycles. The summed E-state index contributed by atoms with van der Waals surface area (Å²) in [5, 5.41) is 0.626. The third-order valence-electron chi connectivity index (χ3n) is 1.50. The van der Waals surface area contributed by atoms with Crippen LogP contribution in [0.15, 0.2) is 4.99 Å². The number of carbonyl (C=O) groups is 1. The topological polar surface area (TPSA) is 45.6 Å². The van der Waals surface area contributed by atoms with Gasteiger partial charge in [-0.15, -0.1) is 0 Å². The zero-order chi connectivity index (χ0) is 10.7. The van der Waals surface area contributed by atoms with E-state index in [0.29, 0.717) is 10.0 Å². The monoisotopic (exact) mass is 211 g/mol. The van der Waals surface area contributed by atoms with Crippen LogP contribution in [0.5, 0.6) is 0 Å². The molecule has 0 fully saturated rings. The van der Waals surface area contributed by atoms with Gasteiger partial charge in [-0.25, -0.2) is 9.98 Å². The zero-order valence-electron chi connectivity index (χ0n) is 8.74. The Kier molecular flexibility index (Phi) is 3.35. The van der Waals surface area contributed by atoms with Gasteiger partial charge in [-0.05, 0) is 6.92 Å². The quantitative estimate of drug-likeness (QED) is 0.435. The van der Waals surface area contributed by atoms with E-state index in [2.05, 4.69) is 9.98 Å². The van der Waals surface area contributed by atoms with Crippen LogP contribution in [0.3, 0.4) is 0 Å². The number of thiazole rings is 1. The number of aliphatic imine (C=N–C) groups is 1. The summed E-state index contributed by atoms with van der Waals surface area (Å²) in [5.41, 5.74) is 0.758. The van der Waals surface area contributed by atoms with Gasteiger partial charge < -0.3 is 4.90 Å². The van der Waals surface area contributed by atoms with Gasteiger partial charge in [0.05, 0.1) is 16.9 Å². The molecule has 0 radical (unpaired) electrons. The Labute approximate surface area is 87.3 Å². The molecular formula is C9H13N3OS. The third kappa shape index (κ3) is 2.63. The van der Waals surface area contributed by atoms with E-state index < -0.39 is 0 Å². The molecule has 0 aromatic carbocycles. The van der Waals surface area contributed by atoms with Crippen molar-refractivity contribution in [2.24, 2.45) is 4.99 Å². The van der Waals surface area contributed by atoms with Crippen molar-refractivity contribution in [3.63, 3.8) is 0 Å². The van der Waals surface area contributed by atoms with E-state index in [1.807, 2.05) is 25.9 Å². The lowest BCUT2D eigenvalue weighted by Crippen LogP contribution is -2.06. The lowest BCUT2D eigenvalue weighted by molar-refractivity contribution is 0.102. The molecule has 1 aromatic heterocycles. The fourth-order valence-corrected chi connectivity index (χ4v) is 1.73. The summed E-state index contributed by atoms with van der Waals surface area (Å²) in [5.74, 6) is 0.0475. The van der Waals surface area contributed by atoms with Crippen LogP contribution in [0.2, 0.25) is 0 Å². The minimum atomic E-state index is 0.0475. The highest BCUT2D eigenvalue weighted by atomic mass is 32.1. The van der Waals surface area contributed by atoms with Crippen molar-refractivity contribution >= 4 is 28.6 Å². The average Bonchev–Trinajstić information content (AvgIpc) is 2.43. The highest BCUT2D eigenvalue weighted by molar-refractivity contribution is 7.17. The van der Waals surface area contributed by atoms with Crippen molar-refractivity contribution in [1.29, 1.82) is 0 Å². The molecule has 1 aromatic rings. The highest BCUT2D eigenvalue weighted by Gasteiger charge is 2.10. The van der Waals surface area contributed by atoms with Crippen LogP contribution >= 0.6 is 11.3 Å². The maximum Gasteiger partial charge on any atom is 0.211 e. The van der Waals surface area contributed by atoms with Gasteiger partial charge in [-0.1, -0.05) is 11.3 Å². The first-order valence-corrected chi connectivity index (χ1v) is 5.01. The second-order valence-corrected chi connectivity index (χ2v) is 4.15. The zero-order valence-corrected chi connectivity index (χ0v) is 9.55. The molecule has 76 valence electrons. The number of nitrogens with zero attached hydrogens (tertiary/aromatic N) is 3. The average molecular weight is 211 g/mol. The summed E-state index contributed by atoms with van der Waals surface area (Å²) < 4.78 is 0. The van der Waals surface area contributed by atoms with E-state index in [1.54, 1.807) is 13.3 Å². The minimum absolute atomic E-state index is 0.0475. The van der Waals surface area contributed by atoms with Crippen LogP contribution in [0.4, 0.5) is 5.13 Å². The number of hydrogen-bond acceptors (Lipinski definition) is 4. The minimum Gasteiger partial charge on any atom is -0.369 e. The fourth-order valence-electron chi connectivity index (χ4n) is 0.929. The van der Waals surface area contributed by atoms with Crippen LogP contribution in [0.25, 0.3) is 0 Å². The van der Waals surface area contributed by atoms with Gasteiger partial charge in [-0.3, -0.25) is 4.79 Å². The lowest BCUT2D eigenvalue weighted by Gasteiger charge is -1.99. The van der Waals surface area contributed by atoms with E-state index in [9.17, 15) is 4.79 Å². The van der Waals surface area contributed by atoms with E-state index in [1.165, 1.54) is 11.3 Å². The van der Waals surface area contributed by atoms with Crippen molar-refractivity contribution in [2.75, 3.05) is 14.1 Å². The Morgan fingerprint density at radius 3 is 2.64 bits per heavy atom. The van der Waals surface area contributed by atoms with Crippen LogP contribution in [-0.4, -0.2) is 36.1 Å². The maximum atomic E-state index is 11.1. The first-order chi connectivity index (χ1) is 6.50. The maximum absolute atomic E-state index is 11.1. The smallest absolute Gasteiger partial charge is 0.211 e. The van der Waals surface area contributed by atoms with Gasteiger partial charge >= 0.3 is 0 Å². The van der Waals surface area contributed by atoms with Gasteiger partial charge in [0, 0.05) is 21.0 Å². The molecule has 14 heavy (non-hydrogen) atoms. The molecular weight excluding hydrogens is 198 g/mol. The molecule has 0 unspecified atom stereocenters. The molecule has 4 nitrogen and oxygen atoms in total. The summed E-state index contributed by atoms with van der Waals surface area (Å²) in [6, 6.07) is 0. The third-order valence-corrected chi connectivity index (χ3v) is 2.67. The van der Waals surface area contributed by atoms with Crippen molar-refractivity contribution in [1.82, 2.24) is 9.88 Å². The molecule has 0 aliphatic carbocycles. The number of carbonyl (C=O) groups excluding carboxylic acids is 1. The number of aromatic nitrogens is 1. The second kappa shape index (κ2) is 4.32. The van der Waals surface area contributed by atoms with E-state index in [0.717, 1.165) is 5.69 Å². The fraction of sp³-hybridized carbons (Fsp3) is 0.444. The first kappa shape index (κ1) is 10.8. The predicted octanol–water partition coefficient (Wildman–Crippen LogP) is 1.88. The molecule has 5 heteroatoms. The summed E-state index contributed by atoms with van der Waals surface area (Å²) in [6.07, 6.45) is 1.67.